The molecule has 1 heterocycles. The summed E-state index contributed by atoms with van der Waals surface area (Å²) in [6.07, 6.45) is 2.02. The quantitative estimate of drug-likeness (QED) is 0.651. The number of nitrogens with zero attached hydrogens (tertiary/aromatic N) is 1. The van der Waals surface area contributed by atoms with E-state index in [-0.39, 0.29) is 5.92 Å². The maximum atomic E-state index is 10.1. The highest BCUT2D eigenvalue weighted by Gasteiger charge is 2.34. The number of hydrogen-bond donors (Lipinski definition) is 2. The van der Waals surface area contributed by atoms with E-state index in [1.807, 2.05) is 12.1 Å². The number of nitrogens with one attached hydrogen (secondary N) is 1. The fraction of sp³-hybridized carbons (Fsp3) is 0.333. The number of benzene rings is 3. The average molecular weight is 415 g/mol. The lowest BCUT2D eigenvalue weighted by atomic mass is 9.69. The zero-order valence-electron chi connectivity index (χ0n) is 18.1. The number of hydrogen-bond acceptors (Lipinski definition) is 4. The van der Waals surface area contributed by atoms with E-state index in [4.69, 9.17) is 4.74 Å². The topological polar surface area (TPSA) is 44.7 Å². The molecule has 3 aromatic rings. The predicted octanol–water partition coefficient (Wildman–Crippen LogP) is 4.67. The molecule has 5 rings (SSSR count). The maximum Gasteiger partial charge on any atom is 0.124 e. The lowest BCUT2D eigenvalue weighted by Gasteiger charge is -2.36. The van der Waals surface area contributed by atoms with Crippen molar-refractivity contribution < 1.29 is 9.84 Å². The fourth-order valence-corrected chi connectivity index (χ4v) is 5.33. The number of piperazine rings is 1. The van der Waals surface area contributed by atoms with Crippen molar-refractivity contribution in [2.24, 2.45) is 0 Å². The van der Waals surface area contributed by atoms with Crippen LogP contribution in [0, 0.1) is 0 Å². The Hall–Kier alpha value is -2.98. The van der Waals surface area contributed by atoms with Crippen molar-refractivity contribution in [2.75, 3.05) is 38.2 Å². The average Bonchev–Trinajstić information content (AvgIpc) is 2.84. The van der Waals surface area contributed by atoms with Gasteiger partial charge in [-0.1, -0.05) is 42.5 Å². The van der Waals surface area contributed by atoms with E-state index < -0.39 is 0 Å². The van der Waals surface area contributed by atoms with Crippen LogP contribution in [-0.4, -0.2) is 38.4 Å². The highest BCUT2D eigenvalue weighted by Crippen LogP contribution is 2.49. The van der Waals surface area contributed by atoms with Gasteiger partial charge in [-0.3, -0.25) is 0 Å². The number of anilines is 1. The Balaban J connectivity index is 1.61. The number of fused-ring (bicyclic) bond motifs is 1. The van der Waals surface area contributed by atoms with Crippen molar-refractivity contribution in [1.29, 1.82) is 0 Å². The molecule has 1 aliphatic carbocycles. The molecule has 0 unspecified atom stereocenters. The Morgan fingerprint density at radius 3 is 2.48 bits per heavy atom. The van der Waals surface area contributed by atoms with Crippen molar-refractivity contribution in [2.45, 2.75) is 24.7 Å². The smallest absolute Gasteiger partial charge is 0.124 e. The number of phenols is 1. The Labute approximate surface area is 184 Å². The molecule has 160 valence electrons. The van der Waals surface area contributed by atoms with Gasteiger partial charge in [0.2, 0.25) is 0 Å². The van der Waals surface area contributed by atoms with Crippen LogP contribution in [-0.2, 0) is 6.42 Å². The molecule has 2 aliphatic rings. The van der Waals surface area contributed by atoms with Gasteiger partial charge in [-0.05, 0) is 53.6 Å². The Bertz CT molecular complexity index is 1040. The van der Waals surface area contributed by atoms with Crippen molar-refractivity contribution in [3.05, 3.63) is 89.0 Å². The second-order valence-corrected chi connectivity index (χ2v) is 8.58. The normalized spacial score (nSPS) is 20.9. The van der Waals surface area contributed by atoms with Crippen molar-refractivity contribution >= 4 is 5.69 Å². The number of aryl methyl sites for hydroxylation is 1. The Morgan fingerprint density at radius 1 is 0.935 bits per heavy atom. The molecule has 2 atom stereocenters. The number of ether oxygens (including phenoxy) is 1. The summed E-state index contributed by atoms with van der Waals surface area (Å²) in [4.78, 5) is 2.42. The van der Waals surface area contributed by atoms with Gasteiger partial charge in [-0.15, -0.1) is 0 Å². The van der Waals surface area contributed by atoms with Crippen LogP contribution in [0.4, 0.5) is 5.69 Å². The molecule has 0 bridgehead atoms. The second kappa shape index (κ2) is 8.64. The molecule has 31 heavy (non-hydrogen) atoms. The fourth-order valence-electron chi connectivity index (χ4n) is 5.33. The highest BCUT2D eigenvalue weighted by molar-refractivity contribution is 5.58. The van der Waals surface area contributed by atoms with Crippen LogP contribution >= 0.6 is 0 Å². The second-order valence-electron chi connectivity index (χ2n) is 8.58. The zero-order valence-corrected chi connectivity index (χ0v) is 18.1. The van der Waals surface area contributed by atoms with Crippen LogP contribution in [0.25, 0.3) is 0 Å². The molecule has 1 aliphatic heterocycles. The van der Waals surface area contributed by atoms with Gasteiger partial charge in [0.25, 0.3) is 0 Å². The number of phenolic OH excluding ortho intramolecular Hbond substituents is 1. The van der Waals surface area contributed by atoms with Crippen molar-refractivity contribution in [1.82, 2.24) is 5.32 Å². The predicted molar refractivity (Wildman–Crippen MR) is 126 cm³/mol. The molecule has 0 radical (unpaired) electrons. The summed E-state index contributed by atoms with van der Waals surface area (Å²) in [5.74, 6) is 1.86. The van der Waals surface area contributed by atoms with Crippen molar-refractivity contribution in [3.8, 4) is 11.5 Å². The summed E-state index contributed by atoms with van der Waals surface area (Å²) < 4.78 is 5.96. The number of rotatable bonds is 4. The molecule has 4 heteroatoms. The van der Waals surface area contributed by atoms with E-state index in [9.17, 15) is 5.11 Å². The molecule has 2 N–H and O–H groups in total. The molecular formula is C27H30N2O2. The molecular weight excluding hydrogens is 384 g/mol. The lowest BCUT2D eigenvalue weighted by molar-refractivity contribution is 0.400. The summed E-state index contributed by atoms with van der Waals surface area (Å²) in [6.45, 7) is 4.06. The lowest BCUT2D eigenvalue weighted by Crippen LogP contribution is -2.43. The molecule has 0 spiro atoms. The van der Waals surface area contributed by atoms with Crippen LogP contribution < -0.4 is 15.0 Å². The van der Waals surface area contributed by atoms with Crippen LogP contribution in [0.5, 0.6) is 11.5 Å². The van der Waals surface area contributed by atoms with Gasteiger partial charge in [-0.25, -0.2) is 0 Å². The minimum atomic E-state index is 0.193. The first kappa shape index (κ1) is 20.0. The van der Waals surface area contributed by atoms with Gasteiger partial charge in [0, 0.05) is 49.4 Å². The molecule has 4 nitrogen and oxygen atoms in total. The third kappa shape index (κ3) is 3.88. The van der Waals surface area contributed by atoms with Gasteiger partial charge in [0.1, 0.15) is 11.5 Å². The molecule has 3 aromatic carbocycles. The minimum Gasteiger partial charge on any atom is -0.508 e. The summed E-state index contributed by atoms with van der Waals surface area (Å²) in [5, 5.41) is 13.5. The van der Waals surface area contributed by atoms with Crippen LogP contribution in [0.15, 0.2) is 66.7 Å². The molecule has 1 fully saturated rings. The molecule has 1 saturated heterocycles. The summed E-state index contributed by atoms with van der Waals surface area (Å²) >= 11 is 0. The van der Waals surface area contributed by atoms with E-state index in [1.165, 1.54) is 27.9 Å². The summed E-state index contributed by atoms with van der Waals surface area (Å²) in [6, 6.07) is 23.4. The number of methoxy groups -OCH3 is 1. The van der Waals surface area contributed by atoms with E-state index >= 15 is 0 Å². The summed E-state index contributed by atoms with van der Waals surface area (Å²) in [5.41, 5.74) is 6.35. The number of aromatic hydroxyl groups is 1. The Morgan fingerprint density at radius 2 is 1.71 bits per heavy atom. The van der Waals surface area contributed by atoms with E-state index in [0.29, 0.717) is 11.7 Å². The summed E-state index contributed by atoms with van der Waals surface area (Å²) in [7, 11) is 1.78. The van der Waals surface area contributed by atoms with Gasteiger partial charge in [0.15, 0.2) is 0 Å². The van der Waals surface area contributed by atoms with Crippen LogP contribution in [0.2, 0.25) is 0 Å². The minimum absolute atomic E-state index is 0.193. The zero-order chi connectivity index (χ0) is 21.2. The van der Waals surface area contributed by atoms with Crippen LogP contribution in [0.1, 0.15) is 40.5 Å². The monoisotopic (exact) mass is 414 g/mol. The van der Waals surface area contributed by atoms with Gasteiger partial charge < -0.3 is 20.1 Å². The van der Waals surface area contributed by atoms with E-state index in [0.717, 1.165) is 44.8 Å². The Kier molecular flexibility index (Phi) is 5.56. The van der Waals surface area contributed by atoms with Gasteiger partial charge in [-0.2, -0.15) is 0 Å². The third-order valence-corrected chi connectivity index (χ3v) is 6.85. The first-order valence-corrected chi connectivity index (χ1v) is 11.2. The molecule has 0 amide bonds. The van der Waals surface area contributed by atoms with E-state index in [2.05, 4.69) is 64.8 Å². The highest BCUT2D eigenvalue weighted by atomic mass is 16.5. The van der Waals surface area contributed by atoms with Crippen molar-refractivity contribution in [3.63, 3.8) is 0 Å². The van der Waals surface area contributed by atoms with E-state index in [1.54, 1.807) is 7.11 Å². The molecule has 0 aromatic heterocycles. The van der Waals surface area contributed by atoms with Gasteiger partial charge in [0.05, 0.1) is 7.11 Å². The standard InChI is InChI=1S/C27H30N2O2/c1-31-26-18-21(29-15-13-28-14-16-29)8-11-25(26)27-23(19-5-3-2-4-6-19)10-7-20-17-22(30)9-12-24(20)27/h2-6,8-9,11-12,17-18,23,27-28,30H,7,10,13-16H2,1H3/t23-,27+/m1/s1. The van der Waals surface area contributed by atoms with Crippen LogP contribution in [0.3, 0.4) is 0 Å². The first-order valence-electron chi connectivity index (χ1n) is 11.2. The first-order chi connectivity index (χ1) is 15.2. The maximum absolute atomic E-state index is 10.1. The largest absolute Gasteiger partial charge is 0.508 e. The SMILES string of the molecule is COc1cc(N2CCNCC2)ccc1[C@@H]1c2ccc(O)cc2CC[C@@H]1c1ccccc1. The van der Waals surface area contributed by atoms with Gasteiger partial charge >= 0.3 is 0 Å². The third-order valence-electron chi connectivity index (χ3n) is 6.85. The molecule has 0 saturated carbocycles.